The van der Waals surface area contributed by atoms with Crippen molar-refractivity contribution in [2.24, 2.45) is 0 Å². The first-order chi connectivity index (χ1) is 13.0. The van der Waals surface area contributed by atoms with Crippen molar-refractivity contribution in [3.05, 3.63) is 75.7 Å². The van der Waals surface area contributed by atoms with Gasteiger partial charge in [-0.2, -0.15) is 10.2 Å². The molecule has 7 nitrogen and oxygen atoms in total. The molecule has 0 saturated carbocycles. The molecule has 1 aromatic carbocycles. The van der Waals surface area contributed by atoms with Crippen LogP contribution >= 0.6 is 0 Å². The van der Waals surface area contributed by atoms with Crippen molar-refractivity contribution in [1.29, 1.82) is 5.26 Å². The summed E-state index contributed by atoms with van der Waals surface area (Å²) in [5.74, 6) is -0.386. The number of nitriles is 1. The van der Waals surface area contributed by atoms with E-state index in [0.717, 1.165) is 18.7 Å². The normalized spacial score (nSPS) is 11.1. The summed E-state index contributed by atoms with van der Waals surface area (Å²) in [5, 5.41) is 9.23. The van der Waals surface area contributed by atoms with E-state index in [1.54, 1.807) is 42.6 Å². The van der Waals surface area contributed by atoms with E-state index in [0.29, 0.717) is 11.4 Å². The van der Waals surface area contributed by atoms with E-state index in [2.05, 4.69) is 9.72 Å². The van der Waals surface area contributed by atoms with Crippen LogP contribution in [0.2, 0.25) is 0 Å². The molecule has 0 N–H and O–H groups in total. The van der Waals surface area contributed by atoms with E-state index in [1.807, 2.05) is 19.1 Å². The Labute approximate surface area is 154 Å². The van der Waals surface area contributed by atoms with Crippen molar-refractivity contribution in [1.82, 2.24) is 9.38 Å². The maximum Gasteiger partial charge on any atom is 0.348 e. The Morgan fingerprint density at radius 1 is 1.22 bits per heavy atom. The number of hydrogen-bond donors (Lipinski definition) is 0. The lowest BCUT2D eigenvalue weighted by atomic mass is 10.2. The summed E-state index contributed by atoms with van der Waals surface area (Å²) in [6.07, 6.45) is 2.69. The molecule has 7 heteroatoms. The van der Waals surface area contributed by atoms with Crippen LogP contribution in [0.5, 0.6) is 11.6 Å². The predicted molar refractivity (Wildman–Crippen MR) is 98.3 cm³/mol. The number of carbonyl (C=O) groups is 1. The van der Waals surface area contributed by atoms with Gasteiger partial charge in [0.1, 0.15) is 28.6 Å². The molecule has 0 aliphatic carbocycles. The minimum absolute atomic E-state index is 0.00264. The van der Waals surface area contributed by atoms with Crippen LogP contribution < -0.4 is 10.3 Å². The first-order valence-corrected chi connectivity index (χ1v) is 8.00. The third-order valence-electron chi connectivity index (χ3n) is 3.82. The van der Waals surface area contributed by atoms with Crippen LogP contribution in [0.1, 0.15) is 11.1 Å². The highest BCUT2D eigenvalue weighted by molar-refractivity contribution is 5.98. The fourth-order valence-electron chi connectivity index (χ4n) is 2.48. The summed E-state index contributed by atoms with van der Waals surface area (Å²) in [6.45, 7) is 1.82. The van der Waals surface area contributed by atoms with Gasteiger partial charge in [-0.3, -0.25) is 9.20 Å². The second-order valence-electron chi connectivity index (χ2n) is 5.60. The van der Waals surface area contributed by atoms with Gasteiger partial charge < -0.3 is 9.47 Å². The molecule has 0 spiro atoms. The number of nitrogens with zero attached hydrogens (tertiary/aromatic N) is 3. The van der Waals surface area contributed by atoms with Crippen molar-refractivity contribution < 1.29 is 14.3 Å². The summed E-state index contributed by atoms with van der Waals surface area (Å²) >= 11 is 0. The highest BCUT2D eigenvalue weighted by atomic mass is 16.5. The zero-order chi connectivity index (χ0) is 19.4. The van der Waals surface area contributed by atoms with Crippen molar-refractivity contribution in [3.63, 3.8) is 0 Å². The molecule has 0 amide bonds. The number of benzene rings is 1. The highest BCUT2D eigenvalue weighted by Crippen LogP contribution is 2.24. The van der Waals surface area contributed by atoms with Gasteiger partial charge >= 0.3 is 5.97 Å². The summed E-state index contributed by atoms with van der Waals surface area (Å²) in [4.78, 5) is 29.2. The Balaban J connectivity index is 2.29. The van der Waals surface area contributed by atoms with Crippen molar-refractivity contribution in [2.75, 3.05) is 7.11 Å². The monoisotopic (exact) mass is 361 g/mol. The third kappa shape index (κ3) is 3.55. The molecule has 0 atom stereocenters. The Bertz CT molecular complexity index is 1140. The SMILES string of the molecule is COC(=O)/C(C#N)=C\c1c(Oc2ccccc2)nc2c(C)cccn2c1=O. The zero-order valence-corrected chi connectivity index (χ0v) is 14.7. The molecule has 2 heterocycles. The number of para-hydroxylation sites is 1. The van der Waals surface area contributed by atoms with Crippen molar-refractivity contribution >= 4 is 17.7 Å². The number of rotatable bonds is 4. The molecule has 0 unspecified atom stereocenters. The quantitative estimate of drug-likeness (QED) is 0.403. The number of aromatic nitrogens is 2. The van der Waals surface area contributed by atoms with E-state index < -0.39 is 11.5 Å². The molecule has 0 saturated heterocycles. The molecule has 3 aromatic rings. The molecule has 27 heavy (non-hydrogen) atoms. The molecule has 3 rings (SSSR count). The molecule has 0 radical (unpaired) electrons. The molecule has 134 valence electrons. The van der Waals surface area contributed by atoms with Gasteiger partial charge in [0.25, 0.3) is 5.56 Å². The van der Waals surface area contributed by atoms with Crippen LogP contribution in [0.25, 0.3) is 11.7 Å². The van der Waals surface area contributed by atoms with Crippen LogP contribution in [0.4, 0.5) is 0 Å². The summed E-state index contributed by atoms with van der Waals surface area (Å²) in [5.41, 5.74) is 0.371. The smallest absolute Gasteiger partial charge is 0.348 e. The summed E-state index contributed by atoms with van der Waals surface area (Å²) < 4.78 is 11.7. The number of pyridine rings is 1. The number of aryl methyl sites for hydroxylation is 1. The second kappa shape index (κ2) is 7.54. The van der Waals surface area contributed by atoms with Gasteiger partial charge in [-0.05, 0) is 36.8 Å². The minimum Gasteiger partial charge on any atom is -0.465 e. The van der Waals surface area contributed by atoms with Crippen molar-refractivity contribution in [2.45, 2.75) is 6.92 Å². The number of methoxy groups -OCH3 is 1. The largest absolute Gasteiger partial charge is 0.465 e. The molecule has 0 fully saturated rings. The van der Waals surface area contributed by atoms with Crippen LogP contribution in [0.15, 0.2) is 59.0 Å². The lowest BCUT2D eigenvalue weighted by Crippen LogP contribution is -2.20. The van der Waals surface area contributed by atoms with Gasteiger partial charge in [0, 0.05) is 6.20 Å². The van der Waals surface area contributed by atoms with Crippen LogP contribution in [0.3, 0.4) is 0 Å². The third-order valence-corrected chi connectivity index (χ3v) is 3.82. The van der Waals surface area contributed by atoms with Gasteiger partial charge in [-0.15, -0.1) is 0 Å². The fraction of sp³-hybridized carbons (Fsp3) is 0.100. The first kappa shape index (κ1) is 17.9. The lowest BCUT2D eigenvalue weighted by Gasteiger charge is -2.11. The van der Waals surface area contributed by atoms with E-state index in [1.165, 1.54) is 4.40 Å². The van der Waals surface area contributed by atoms with Crippen LogP contribution in [-0.4, -0.2) is 22.5 Å². The van der Waals surface area contributed by atoms with E-state index in [4.69, 9.17) is 4.74 Å². The van der Waals surface area contributed by atoms with Gasteiger partial charge in [0.05, 0.1) is 7.11 Å². The predicted octanol–water partition coefficient (Wildman–Crippen LogP) is 2.88. The molecule has 0 aliphatic heterocycles. The van der Waals surface area contributed by atoms with Crippen molar-refractivity contribution in [3.8, 4) is 17.7 Å². The molecular weight excluding hydrogens is 346 g/mol. The Morgan fingerprint density at radius 3 is 2.63 bits per heavy atom. The number of ether oxygens (including phenoxy) is 2. The Kier molecular flexibility index (Phi) is 4.99. The molecular formula is C20H15N3O4. The molecule has 2 aromatic heterocycles. The van der Waals surface area contributed by atoms with Gasteiger partial charge in [0.2, 0.25) is 5.88 Å². The number of esters is 1. The van der Waals surface area contributed by atoms with Gasteiger partial charge in [0.15, 0.2) is 0 Å². The summed E-state index contributed by atoms with van der Waals surface area (Å²) in [6, 6.07) is 14.1. The number of carbonyl (C=O) groups excluding carboxylic acids is 1. The molecule has 0 aliphatic rings. The average Bonchev–Trinajstić information content (AvgIpc) is 2.69. The second-order valence-corrected chi connectivity index (χ2v) is 5.60. The lowest BCUT2D eigenvalue weighted by molar-refractivity contribution is -0.135. The van der Waals surface area contributed by atoms with Gasteiger partial charge in [-0.1, -0.05) is 24.3 Å². The van der Waals surface area contributed by atoms with Gasteiger partial charge in [-0.25, -0.2) is 4.79 Å². The first-order valence-electron chi connectivity index (χ1n) is 8.00. The van der Waals surface area contributed by atoms with E-state index in [-0.39, 0.29) is 17.0 Å². The standard InChI is InChI=1S/C20H15N3O4/c1-13-7-6-10-23-17(13)22-18(27-15-8-4-3-5-9-15)16(19(23)24)11-14(12-21)20(25)26-2/h3-11H,1-2H3/b14-11-. The minimum atomic E-state index is -0.850. The maximum atomic E-state index is 13.0. The van der Waals surface area contributed by atoms with E-state index in [9.17, 15) is 14.9 Å². The number of hydrogen-bond acceptors (Lipinski definition) is 6. The fourth-order valence-corrected chi connectivity index (χ4v) is 2.48. The van der Waals surface area contributed by atoms with Crippen LogP contribution in [-0.2, 0) is 9.53 Å². The maximum absolute atomic E-state index is 13.0. The van der Waals surface area contributed by atoms with E-state index >= 15 is 0 Å². The van der Waals surface area contributed by atoms with Crippen LogP contribution in [0, 0.1) is 18.3 Å². The molecule has 0 bridgehead atoms. The number of fused-ring (bicyclic) bond motifs is 1. The highest BCUT2D eigenvalue weighted by Gasteiger charge is 2.18. The average molecular weight is 361 g/mol. The Hall–Kier alpha value is -3.92. The Morgan fingerprint density at radius 2 is 1.96 bits per heavy atom. The zero-order valence-electron chi connectivity index (χ0n) is 14.7. The summed E-state index contributed by atoms with van der Waals surface area (Å²) in [7, 11) is 1.16. The topological polar surface area (TPSA) is 93.7 Å².